The van der Waals surface area contributed by atoms with Crippen LogP contribution in [0, 0.1) is 13.8 Å². The Labute approximate surface area is 122 Å². The first kappa shape index (κ1) is 17.0. The van der Waals surface area contributed by atoms with Crippen molar-refractivity contribution < 1.29 is 14.9 Å². The summed E-state index contributed by atoms with van der Waals surface area (Å²) in [7, 11) is 1.67. The van der Waals surface area contributed by atoms with Gasteiger partial charge in [0.2, 0.25) is 0 Å². The van der Waals surface area contributed by atoms with Crippen LogP contribution in [0.3, 0.4) is 0 Å². The summed E-state index contributed by atoms with van der Waals surface area (Å²) in [6, 6.07) is 4.04. The van der Waals surface area contributed by atoms with E-state index in [1.54, 1.807) is 7.11 Å². The fourth-order valence-electron chi connectivity index (χ4n) is 2.96. The van der Waals surface area contributed by atoms with Gasteiger partial charge in [0.1, 0.15) is 5.75 Å². The standard InChI is InChI=1S/C17H28O3/c1-6-7-15(18)16(19)10-13(4)17-11(2)8-14(20-5)9-12(17)3/h8-9,13,15-16,18-19H,6-7,10H2,1-5H3. The normalized spacial score (nSPS) is 15.8. The molecular weight excluding hydrogens is 252 g/mol. The summed E-state index contributed by atoms with van der Waals surface area (Å²) < 4.78 is 5.27. The van der Waals surface area contributed by atoms with E-state index in [1.807, 2.05) is 19.1 Å². The summed E-state index contributed by atoms with van der Waals surface area (Å²) in [5.74, 6) is 1.07. The fourth-order valence-corrected chi connectivity index (χ4v) is 2.96. The smallest absolute Gasteiger partial charge is 0.119 e. The fraction of sp³-hybridized carbons (Fsp3) is 0.647. The van der Waals surface area contributed by atoms with Gasteiger partial charge in [-0.05, 0) is 61.4 Å². The van der Waals surface area contributed by atoms with E-state index in [-0.39, 0.29) is 5.92 Å². The molecule has 0 aliphatic carbocycles. The van der Waals surface area contributed by atoms with Crippen molar-refractivity contribution in [3.63, 3.8) is 0 Å². The molecule has 0 fully saturated rings. The van der Waals surface area contributed by atoms with E-state index in [9.17, 15) is 10.2 Å². The number of ether oxygens (including phenoxy) is 1. The summed E-state index contributed by atoms with van der Waals surface area (Å²) in [4.78, 5) is 0. The Morgan fingerprint density at radius 2 is 1.65 bits per heavy atom. The lowest BCUT2D eigenvalue weighted by Crippen LogP contribution is -2.27. The molecule has 0 amide bonds. The van der Waals surface area contributed by atoms with Gasteiger partial charge in [-0.3, -0.25) is 0 Å². The maximum absolute atomic E-state index is 10.1. The summed E-state index contributed by atoms with van der Waals surface area (Å²) in [6.45, 7) is 8.24. The van der Waals surface area contributed by atoms with Crippen molar-refractivity contribution in [2.24, 2.45) is 0 Å². The molecule has 0 bridgehead atoms. The van der Waals surface area contributed by atoms with E-state index in [0.29, 0.717) is 12.8 Å². The number of rotatable bonds is 7. The second kappa shape index (κ2) is 7.65. The van der Waals surface area contributed by atoms with Crippen LogP contribution in [0.5, 0.6) is 5.75 Å². The van der Waals surface area contributed by atoms with Crippen LogP contribution in [-0.4, -0.2) is 29.5 Å². The highest BCUT2D eigenvalue weighted by atomic mass is 16.5. The average molecular weight is 280 g/mol. The summed E-state index contributed by atoms with van der Waals surface area (Å²) in [6.07, 6.45) is 0.823. The molecule has 1 aromatic carbocycles. The van der Waals surface area contributed by atoms with Crippen LogP contribution in [0.25, 0.3) is 0 Å². The van der Waals surface area contributed by atoms with Gasteiger partial charge in [0.05, 0.1) is 19.3 Å². The molecule has 20 heavy (non-hydrogen) atoms. The van der Waals surface area contributed by atoms with Crippen LogP contribution in [0.15, 0.2) is 12.1 Å². The Bertz CT molecular complexity index is 405. The van der Waals surface area contributed by atoms with Gasteiger partial charge in [0, 0.05) is 0 Å². The molecule has 3 heteroatoms. The summed E-state index contributed by atoms with van der Waals surface area (Å²) in [5.41, 5.74) is 3.59. The average Bonchev–Trinajstić information content (AvgIpc) is 2.37. The number of aliphatic hydroxyl groups excluding tert-OH is 2. The van der Waals surface area contributed by atoms with E-state index < -0.39 is 12.2 Å². The van der Waals surface area contributed by atoms with Crippen LogP contribution < -0.4 is 4.74 Å². The maximum atomic E-state index is 10.1. The predicted molar refractivity (Wildman–Crippen MR) is 82.4 cm³/mol. The molecule has 1 rings (SSSR count). The second-order valence-corrected chi connectivity index (χ2v) is 5.73. The lowest BCUT2D eigenvalue weighted by molar-refractivity contribution is 0.00632. The zero-order chi connectivity index (χ0) is 15.3. The van der Waals surface area contributed by atoms with Gasteiger partial charge in [0.15, 0.2) is 0 Å². The number of methoxy groups -OCH3 is 1. The Morgan fingerprint density at radius 3 is 2.10 bits per heavy atom. The molecule has 0 spiro atoms. The lowest BCUT2D eigenvalue weighted by atomic mass is 9.86. The third-order valence-electron chi connectivity index (χ3n) is 3.92. The lowest BCUT2D eigenvalue weighted by Gasteiger charge is -2.24. The van der Waals surface area contributed by atoms with E-state index in [1.165, 1.54) is 16.7 Å². The van der Waals surface area contributed by atoms with Gasteiger partial charge >= 0.3 is 0 Å². The van der Waals surface area contributed by atoms with Crippen molar-refractivity contribution >= 4 is 0 Å². The first-order valence-corrected chi connectivity index (χ1v) is 7.41. The topological polar surface area (TPSA) is 49.7 Å². The largest absolute Gasteiger partial charge is 0.497 e. The van der Waals surface area contributed by atoms with Crippen molar-refractivity contribution in [2.75, 3.05) is 7.11 Å². The van der Waals surface area contributed by atoms with Crippen LogP contribution in [0.2, 0.25) is 0 Å². The molecule has 0 aliphatic rings. The van der Waals surface area contributed by atoms with Crippen molar-refractivity contribution in [1.29, 1.82) is 0 Å². The van der Waals surface area contributed by atoms with E-state index in [0.717, 1.165) is 12.2 Å². The molecule has 114 valence electrons. The van der Waals surface area contributed by atoms with Crippen molar-refractivity contribution in [3.8, 4) is 5.75 Å². The van der Waals surface area contributed by atoms with Gasteiger partial charge in [-0.25, -0.2) is 0 Å². The van der Waals surface area contributed by atoms with Gasteiger partial charge in [-0.1, -0.05) is 20.3 Å². The quantitative estimate of drug-likeness (QED) is 0.805. The Balaban J connectivity index is 2.84. The molecule has 3 atom stereocenters. The molecule has 3 nitrogen and oxygen atoms in total. The Kier molecular flexibility index (Phi) is 6.50. The Hall–Kier alpha value is -1.06. The molecule has 1 aromatic rings. The molecular formula is C17H28O3. The monoisotopic (exact) mass is 280 g/mol. The summed E-state index contributed by atoms with van der Waals surface area (Å²) in [5, 5.41) is 20.0. The van der Waals surface area contributed by atoms with Gasteiger partial charge in [-0.2, -0.15) is 0 Å². The zero-order valence-electron chi connectivity index (χ0n) is 13.3. The maximum Gasteiger partial charge on any atom is 0.119 e. The molecule has 0 radical (unpaired) electrons. The number of hydrogen-bond acceptors (Lipinski definition) is 3. The summed E-state index contributed by atoms with van der Waals surface area (Å²) >= 11 is 0. The minimum atomic E-state index is -0.661. The van der Waals surface area contributed by atoms with Gasteiger partial charge in [-0.15, -0.1) is 0 Å². The van der Waals surface area contributed by atoms with Crippen LogP contribution in [0.4, 0.5) is 0 Å². The first-order valence-electron chi connectivity index (χ1n) is 7.41. The Morgan fingerprint density at radius 1 is 1.10 bits per heavy atom. The highest BCUT2D eigenvalue weighted by Crippen LogP contribution is 2.31. The molecule has 0 saturated heterocycles. The van der Waals surface area contributed by atoms with Crippen molar-refractivity contribution in [2.45, 2.75) is 65.1 Å². The molecule has 0 saturated carbocycles. The number of aliphatic hydroxyl groups is 2. The van der Waals surface area contributed by atoms with E-state index in [4.69, 9.17) is 4.74 Å². The zero-order valence-corrected chi connectivity index (χ0v) is 13.3. The van der Waals surface area contributed by atoms with Crippen molar-refractivity contribution in [1.82, 2.24) is 0 Å². The molecule has 3 unspecified atom stereocenters. The SMILES string of the molecule is CCCC(O)C(O)CC(C)c1c(C)cc(OC)cc1C. The number of benzene rings is 1. The molecule has 0 aliphatic heterocycles. The third kappa shape index (κ3) is 4.22. The van der Waals surface area contributed by atoms with E-state index in [2.05, 4.69) is 20.8 Å². The highest BCUT2D eigenvalue weighted by Gasteiger charge is 2.21. The number of aryl methyl sites for hydroxylation is 2. The van der Waals surface area contributed by atoms with Crippen LogP contribution in [0.1, 0.15) is 55.7 Å². The first-order chi connectivity index (χ1) is 9.40. The minimum absolute atomic E-state index is 0.211. The molecule has 0 heterocycles. The van der Waals surface area contributed by atoms with Crippen molar-refractivity contribution in [3.05, 3.63) is 28.8 Å². The van der Waals surface area contributed by atoms with Crippen LogP contribution in [-0.2, 0) is 0 Å². The minimum Gasteiger partial charge on any atom is -0.497 e. The van der Waals surface area contributed by atoms with Gasteiger partial charge < -0.3 is 14.9 Å². The highest BCUT2D eigenvalue weighted by molar-refractivity contribution is 5.42. The third-order valence-corrected chi connectivity index (χ3v) is 3.92. The number of hydrogen-bond donors (Lipinski definition) is 2. The van der Waals surface area contributed by atoms with E-state index >= 15 is 0 Å². The van der Waals surface area contributed by atoms with Crippen LogP contribution >= 0.6 is 0 Å². The van der Waals surface area contributed by atoms with Gasteiger partial charge in [0.25, 0.3) is 0 Å². The molecule has 2 N–H and O–H groups in total. The second-order valence-electron chi connectivity index (χ2n) is 5.73. The molecule has 0 aromatic heterocycles. The predicted octanol–water partition coefficient (Wildman–Crippen LogP) is 3.33.